The Morgan fingerprint density at radius 2 is 1.07 bits per heavy atom. The first-order valence-electron chi connectivity index (χ1n) is 19.8. The van der Waals surface area contributed by atoms with E-state index in [0.29, 0.717) is 63.5 Å². The third-order valence-corrected chi connectivity index (χ3v) is 10.3. The second kappa shape index (κ2) is 23.5. The molecule has 14 nitrogen and oxygen atoms in total. The van der Waals surface area contributed by atoms with Crippen molar-refractivity contribution in [1.82, 2.24) is 0 Å². The van der Waals surface area contributed by atoms with Crippen LogP contribution in [0.2, 0.25) is 11.6 Å². The lowest BCUT2D eigenvalue weighted by Gasteiger charge is -2.30. The molecule has 0 aliphatic carbocycles. The van der Waals surface area contributed by atoms with E-state index in [9.17, 15) is 33.8 Å². The molecule has 0 radical (unpaired) electrons. The number of ketones is 2. The molecule has 2 aromatic carbocycles. The van der Waals surface area contributed by atoms with Crippen LogP contribution in [0.1, 0.15) is 125 Å². The van der Waals surface area contributed by atoms with E-state index < -0.39 is 45.7 Å². The van der Waals surface area contributed by atoms with Gasteiger partial charge in [-0.1, -0.05) is 65.8 Å². The molecule has 0 amide bonds. The summed E-state index contributed by atoms with van der Waals surface area (Å²) in [7, 11) is -0.290. The van der Waals surface area contributed by atoms with E-state index in [-0.39, 0.29) is 64.3 Å². The molecule has 0 saturated carbocycles. The fourth-order valence-corrected chi connectivity index (χ4v) is 6.66. The number of hydrogen-bond donors (Lipinski definition) is 1. The van der Waals surface area contributed by atoms with Gasteiger partial charge in [0.25, 0.3) is 0 Å². The lowest BCUT2D eigenvalue weighted by atomic mass is 9.64. The summed E-state index contributed by atoms with van der Waals surface area (Å²) < 4.78 is 37.1. The summed E-state index contributed by atoms with van der Waals surface area (Å²) in [6.45, 7) is 10.3. The Labute approximate surface area is 335 Å². The molecule has 16 heteroatoms. The summed E-state index contributed by atoms with van der Waals surface area (Å²) in [5.74, 6) is -2.20. The number of para-hydroxylation sites is 2. The first-order valence-corrected chi connectivity index (χ1v) is 19.8. The van der Waals surface area contributed by atoms with Crippen LogP contribution in [-0.4, -0.2) is 75.4 Å². The molecule has 4 rings (SSSR count). The first-order chi connectivity index (χ1) is 27.3. The van der Waals surface area contributed by atoms with Gasteiger partial charge in [-0.2, -0.15) is 0 Å². The van der Waals surface area contributed by atoms with Crippen LogP contribution in [-0.2, 0) is 55.6 Å². The van der Waals surface area contributed by atoms with Gasteiger partial charge in [0.15, 0.2) is 0 Å². The van der Waals surface area contributed by atoms with Gasteiger partial charge in [-0.3, -0.25) is 19.2 Å². The minimum Gasteiger partial charge on any atom is -0.535 e. The monoisotopic (exact) mass is 794 g/mol. The van der Waals surface area contributed by atoms with Gasteiger partial charge in [0.1, 0.15) is 34.2 Å². The van der Waals surface area contributed by atoms with E-state index in [1.807, 2.05) is 40.7 Å². The summed E-state index contributed by atoms with van der Waals surface area (Å²) in [4.78, 5) is 72.2. The van der Waals surface area contributed by atoms with Crippen LogP contribution < -0.4 is 9.31 Å². The highest BCUT2D eigenvalue weighted by molar-refractivity contribution is 6.48. The van der Waals surface area contributed by atoms with Gasteiger partial charge in [-0.15, -0.1) is 0 Å². The van der Waals surface area contributed by atoms with Crippen molar-refractivity contribution >= 4 is 49.7 Å². The normalized spacial score (nSPS) is 15.5. The van der Waals surface area contributed by atoms with Crippen molar-refractivity contribution in [2.45, 2.75) is 117 Å². The van der Waals surface area contributed by atoms with Crippen LogP contribution in [0.15, 0.2) is 36.4 Å². The van der Waals surface area contributed by atoms with Crippen molar-refractivity contribution in [3.63, 3.8) is 0 Å². The smallest absolute Gasteiger partial charge is 0.529 e. The highest BCUT2D eigenvalue weighted by Crippen LogP contribution is 2.38. The fraction of sp³-hybridized carbons (Fsp3) is 0.561. The highest BCUT2D eigenvalue weighted by atomic mass is 16.7. The number of Topliss-reactive ketones (excluding diaryl/α,β-unsaturated/α-hetero) is 2. The lowest BCUT2D eigenvalue weighted by Crippen LogP contribution is -2.37. The van der Waals surface area contributed by atoms with Gasteiger partial charge in [-0.25, -0.2) is 9.59 Å². The number of rotatable bonds is 19. The molecule has 2 atom stereocenters. The van der Waals surface area contributed by atoms with Crippen molar-refractivity contribution in [2.75, 3.05) is 20.7 Å². The molecule has 0 unspecified atom stereocenters. The average molecular weight is 795 g/mol. The second-order valence-corrected chi connectivity index (χ2v) is 14.0. The predicted octanol–water partition coefficient (Wildman–Crippen LogP) is 6.52. The summed E-state index contributed by atoms with van der Waals surface area (Å²) in [6, 6.07) is 10.2. The number of carbonyl (C=O) groups is 6. The molecule has 0 bridgehead atoms. The maximum absolute atomic E-state index is 12.5. The number of fused-ring (bicyclic) bond motifs is 2. The standard InChI is InChI=1S/C21H29BO7.C20H27BO7/c1-5-14(6-2)20(24)27-13-28-21(25)18-10-8-9-15-11-16(12-17(23)7-3)22(26-4)29-19(15)18;1-4-13(5-2)19(23)26-12-27-20(24)17-9-7-8-14-10-15(11-16(22)6-3)21(25)28-18(14)17/h8-10,14,16H,5-7,11-13H2,1-4H3;7-9,13,15,25H,4-6,10-12H2,1-3H3/t16-;15-/m11/s1. The zero-order valence-electron chi connectivity index (χ0n) is 34.2. The third kappa shape index (κ3) is 13.2. The first kappa shape index (κ1) is 46.7. The highest BCUT2D eigenvalue weighted by Gasteiger charge is 2.40. The molecule has 2 heterocycles. The van der Waals surface area contributed by atoms with Gasteiger partial charge < -0.3 is 37.9 Å². The Balaban J connectivity index is 0.000000306. The SMILES string of the molecule is CCC(=O)C[C@H]1Cc2cccc(C(=O)OCOC(=O)C(CC)CC)c2OB1O.CCC(=O)C[C@H]1Cc2cccc(C(=O)OCOC(=O)C(CC)CC)c2OB1OC. The van der Waals surface area contributed by atoms with Gasteiger partial charge in [0, 0.05) is 44.4 Å². The number of carbonyl (C=O) groups excluding carboxylic acids is 6. The average Bonchev–Trinajstić information content (AvgIpc) is 3.21. The van der Waals surface area contributed by atoms with Crippen LogP contribution in [0.4, 0.5) is 0 Å². The molecule has 0 fully saturated rings. The van der Waals surface area contributed by atoms with E-state index in [1.165, 1.54) is 13.2 Å². The van der Waals surface area contributed by atoms with E-state index in [4.69, 9.17) is 32.9 Å². The summed E-state index contributed by atoms with van der Waals surface area (Å²) in [6.07, 6.45) is 5.07. The third-order valence-electron chi connectivity index (χ3n) is 10.3. The molecule has 57 heavy (non-hydrogen) atoms. The largest absolute Gasteiger partial charge is 0.535 e. The van der Waals surface area contributed by atoms with E-state index in [1.54, 1.807) is 31.2 Å². The van der Waals surface area contributed by atoms with E-state index in [0.717, 1.165) is 11.1 Å². The Morgan fingerprint density at radius 3 is 1.49 bits per heavy atom. The van der Waals surface area contributed by atoms with E-state index >= 15 is 0 Å². The van der Waals surface area contributed by atoms with Crippen LogP contribution in [0.3, 0.4) is 0 Å². The Hall–Kier alpha value is -4.69. The molecule has 310 valence electrons. The molecular formula is C41H56B2O14. The Bertz CT molecular complexity index is 1690. The number of ether oxygens (including phenoxy) is 4. The maximum atomic E-state index is 12.5. The van der Waals surface area contributed by atoms with Crippen molar-refractivity contribution < 1.29 is 66.7 Å². The fourth-order valence-electron chi connectivity index (χ4n) is 6.66. The minimum atomic E-state index is -1.18. The zero-order valence-corrected chi connectivity index (χ0v) is 34.2. The quantitative estimate of drug-likeness (QED) is 0.0919. The predicted molar refractivity (Wildman–Crippen MR) is 211 cm³/mol. The van der Waals surface area contributed by atoms with Crippen molar-refractivity contribution in [2.24, 2.45) is 11.8 Å². The molecular weight excluding hydrogens is 738 g/mol. The van der Waals surface area contributed by atoms with Crippen molar-refractivity contribution in [3.8, 4) is 11.5 Å². The van der Waals surface area contributed by atoms with Gasteiger partial charge in [0.05, 0.1) is 11.8 Å². The van der Waals surface area contributed by atoms with Gasteiger partial charge in [0.2, 0.25) is 13.6 Å². The molecule has 1 N–H and O–H groups in total. The van der Waals surface area contributed by atoms with Crippen LogP contribution >= 0.6 is 0 Å². The molecule has 0 spiro atoms. The number of esters is 4. The van der Waals surface area contributed by atoms with E-state index in [2.05, 4.69) is 0 Å². The summed E-state index contributed by atoms with van der Waals surface area (Å²) >= 11 is 0. The number of hydrogen-bond acceptors (Lipinski definition) is 14. The van der Waals surface area contributed by atoms with Crippen LogP contribution in [0.5, 0.6) is 11.5 Å². The molecule has 2 aliphatic heterocycles. The molecule has 0 saturated heterocycles. The van der Waals surface area contributed by atoms with Crippen LogP contribution in [0, 0.1) is 11.8 Å². The van der Waals surface area contributed by atoms with Crippen LogP contribution in [0.25, 0.3) is 0 Å². The summed E-state index contributed by atoms with van der Waals surface area (Å²) in [5.41, 5.74) is 1.93. The Morgan fingerprint density at radius 1 is 0.649 bits per heavy atom. The topological polar surface area (TPSA) is 187 Å². The van der Waals surface area contributed by atoms with Crippen molar-refractivity contribution in [3.05, 3.63) is 58.7 Å². The van der Waals surface area contributed by atoms with Crippen molar-refractivity contribution in [1.29, 1.82) is 0 Å². The number of benzene rings is 2. The zero-order chi connectivity index (χ0) is 42.1. The van der Waals surface area contributed by atoms with Gasteiger partial charge >= 0.3 is 38.1 Å². The second-order valence-electron chi connectivity index (χ2n) is 14.0. The maximum Gasteiger partial charge on any atom is 0.529 e. The molecule has 2 aliphatic rings. The van der Waals surface area contributed by atoms with Gasteiger partial charge in [-0.05, 0) is 61.8 Å². The molecule has 0 aromatic heterocycles. The summed E-state index contributed by atoms with van der Waals surface area (Å²) in [5, 5.41) is 10.2. The molecule has 2 aromatic rings. The minimum absolute atomic E-state index is 0.0472. The Kier molecular flexibility index (Phi) is 19.3. The lowest BCUT2D eigenvalue weighted by molar-refractivity contribution is -0.158.